The zero-order chi connectivity index (χ0) is 14.8. The van der Waals surface area contributed by atoms with E-state index in [2.05, 4.69) is 4.98 Å². The monoisotopic (exact) mass is 284 g/mol. The molecule has 0 spiro atoms. The van der Waals surface area contributed by atoms with E-state index in [0.29, 0.717) is 28.7 Å². The van der Waals surface area contributed by atoms with E-state index in [0.717, 1.165) is 11.1 Å². The van der Waals surface area contributed by atoms with E-state index in [1.54, 1.807) is 19.2 Å². The van der Waals surface area contributed by atoms with Crippen molar-refractivity contribution in [1.29, 1.82) is 0 Å². The summed E-state index contributed by atoms with van der Waals surface area (Å²) in [6.45, 7) is 2.23. The smallest absolute Gasteiger partial charge is 0.233 e. The van der Waals surface area contributed by atoms with Crippen LogP contribution in [0, 0.1) is 6.92 Å². The summed E-state index contributed by atoms with van der Waals surface area (Å²) in [6, 6.07) is 11.1. The summed E-state index contributed by atoms with van der Waals surface area (Å²) in [5.41, 5.74) is 8.89. The number of ether oxygens (including phenoxy) is 2. The normalized spacial score (nSPS) is 10.8. The first-order valence-corrected chi connectivity index (χ1v) is 6.58. The number of nitrogens with zero attached hydrogens (tertiary/aromatic N) is 1. The minimum Gasteiger partial charge on any atom is -0.493 e. The average molecular weight is 284 g/mol. The summed E-state index contributed by atoms with van der Waals surface area (Å²) in [4.78, 5) is 4.35. The van der Waals surface area contributed by atoms with Crippen molar-refractivity contribution < 1.29 is 13.9 Å². The molecule has 0 saturated carbocycles. The van der Waals surface area contributed by atoms with Crippen LogP contribution in [0.3, 0.4) is 0 Å². The van der Waals surface area contributed by atoms with Gasteiger partial charge in [-0.05, 0) is 36.8 Å². The number of aromatic nitrogens is 1. The van der Waals surface area contributed by atoms with Crippen LogP contribution in [0.4, 0.5) is 5.69 Å². The number of nitrogens with two attached hydrogens (primary N) is 1. The Kier molecular flexibility index (Phi) is 3.39. The van der Waals surface area contributed by atoms with Gasteiger partial charge >= 0.3 is 0 Å². The molecular weight excluding hydrogens is 268 g/mol. The fourth-order valence-corrected chi connectivity index (χ4v) is 2.08. The van der Waals surface area contributed by atoms with Crippen LogP contribution in [0.2, 0.25) is 0 Å². The summed E-state index contributed by atoms with van der Waals surface area (Å²) in [5.74, 6) is 1.85. The molecule has 0 bridgehead atoms. The predicted molar refractivity (Wildman–Crippen MR) is 80.5 cm³/mol. The van der Waals surface area contributed by atoms with E-state index >= 15 is 0 Å². The SMILES string of the molecule is COc1cc(C)ccc1OCc1nc2ccc(N)cc2o1. The highest BCUT2D eigenvalue weighted by atomic mass is 16.5. The molecular formula is C16H16N2O3. The lowest BCUT2D eigenvalue weighted by Crippen LogP contribution is -1.98. The molecule has 0 radical (unpaired) electrons. The Morgan fingerprint density at radius 3 is 2.81 bits per heavy atom. The van der Waals surface area contributed by atoms with E-state index in [-0.39, 0.29) is 6.61 Å². The molecule has 1 heterocycles. The summed E-state index contributed by atoms with van der Waals surface area (Å²) in [6.07, 6.45) is 0. The van der Waals surface area contributed by atoms with Crippen molar-refractivity contribution in [3.8, 4) is 11.5 Å². The van der Waals surface area contributed by atoms with E-state index in [9.17, 15) is 0 Å². The largest absolute Gasteiger partial charge is 0.493 e. The summed E-state index contributed by atoms with van der Waals surface area (Å²) >= 11 is 0. The molecule has 0 atom stereocenters. The van der Waals surface area contributed by atoms with E-state index in [1.807, 2.05) is 31.2 Å². The van der Waals surface area contributed by atoms with Crippen LogP contribution >= 0.6 is 0 Å². The Bertz CT molecular complexity index is 780. The van der Waals surface area contributed by atoms with Gasteiger partial charge in [0.2, 0.25) is 5.89 Å². The van der Waals surface area contributed by atoms with Crippen molar-refractivity contribution >= 4 is 16.8 Å². The Morgan fingerprint density at radius 1 is 1.14 bits per heavy atom. The standard InChI is InChI=1S/C16H16N2O3/c1-10-3-6-13(15(7-10)19-2)20-9-16-18-12-5-4-11(17)8-14(12)21-16/h3-8H,9,17H2,1-2H3. The Morgan fingerprint density at radius 2 is 2.00 bits per heavy atom. The van der Waals surface area contributed by atoms with Crippen LogP contribution in [0.1, 0.15) is 11.5 Å². The minimum atomic E-state index is 0.230. The van der Waals surface area contributed by atoms with Gasteiger partial charge in [0.1, 0.15) is 5.52 Å². The molecule has 0 fully saturated rings. The maximum absolute atomic E-state index is 5.72. The number of benzene rings is 2. The maximum Gasteiger partial charge on any atom is 0.233 e. The van der Waals surface area contributed by atoms with Crippen LogP contribution < -0.4 is 15.2 Å². The molecule has 108 valence electrons. The van der Waals surface area contributed by atoms with Gasteiger partial charge in [-0.3, -0.25) is 0 Å². The molecule has 2 N–H and O–H groups in total. The van der Waals surface area contributed by atoms with Gasteiger partial charge in [-0.1, -0.05) is 6.07 Å². The van der Waals surface area contributed by atoms with Crippen LogP contribution in [-0.2, 0) is 6.61 Å². The predicted octanol–water partition coefficient (Wildman–Crippen LogP) is 3.31. The third kappa shape index (κ3) is 2.76. The Balaban J connectivity index is 1.80. The summed E-state index contributed by atoms with van der Waals surface area (Å²) < 4.78 is 16.6. The molecule has 21 heavy (non-hydrogen) atoms. The van der Waals surface area contributed by atoms with Crippen molar-refractivity contribution in [2.75, 3.05) is 12.8 Å². The van der Waals surface area contributed by atoms with Gasteiger partial charge in [0.15, 0.2) is 23.7 Å². The molecule has 5 heteroatoms. The number of aryl methyl sites for hydroxylation is 1. The van der Waals surface area contributed by atoms with Crippen LogP contribution in [0.25, 0.3) is 11.1 Å². The zero-order valence-corrected chi connectivity index (χ0v) is 11.9. The molecule has 1 aromatic heterocycles. The Hall–Kier alpha value is -2.69. The molecule has 3 rings (SSSR count). The Labute approximate surface area is 122 Å². The van der Waals surface area contributed by atoms with Crippen molar-refractivity contribution in [3.63, 3.8) is 0 Å². The molecule has 2 aromatic carbocycles. The highest BCUT2D eigenvalue weighted by molar-refractivity contribution is 5.76. The van der Waals surface area contributed by atoms with E-state index in [1.165, 1.54) is 0 Å². The van der Waals surface area contributed by atoms with E-state index in [4.69, 9.17) is 19.6 Å². The highest BCUT2D eigenvalue weighted by Crippen LogP contribution is 2.29. The molecule has 0 amide bonds. The number of hydrogen-bond donors (Lipinski definition) is 1. The molecule has 3 aromatic rings. The second-order valence-electron chi connectivity index (χ2n) is 4.78. The first-order chi connectivity index (χ1) is 10.2. The van der Waals surface area contributed by atoms with Gasteiger partial charge in [-0.15, -0.1) is 0 Å². The molecule has 5 nitrogen and oxygen atoms in total. The van der Waals surface area contributed by atoms with Crippen molar-refractivity contribution in [2.24, 2.45) is 0 Å². The van der Waals surface area contributed by atoms with Gasteiger partial charge in [-0.25, -0.2) is 4.98 Å². The molecule has 0 aliphatic rings. The van der Waals surface area contributed by atoms with Gasteiger partial charge in [-0.2, -0.15) is 0 Å². The molecule has 0 aliphatic heterocycles. The van der Waals surface area contributed by atoms with E-state index < -0.39 is 0 Å². The number of fused-ring (bicyclic) bond motifs is 1. The number of anilines is 1. The lowest BCUT2D eigenvalue weighted by atomic mass is 10.2. The van der Waals surface area contributed by atoms with Crippen LogP contribution in [0.5, 0.6) is 11.5 Å². The summed E-state index contributed by atoms with van der Waals surface area (Å²) in [7, 11) is 1.61. The second-order valence-corrected chi connectivity index (χ2v) is 4.78. The highest BCUT2D eigenvalue weighted by Gasteiger charge is 2.09. The quantitative estimate of drug-likeness (QED) is 0.744. The van der Waals surface area contributed by atoms with Crippen LogP contribution in [0.15, 0.2) is 40.8 Å². The number of hydrogen-bond acceptors (Lipinski definition) is 5. The molecule has 0 aliphatic carbocycles. The lowest BCUT2D eigenvalue weighted by Gasteiger charge is -2.09. The maximum atomic E-state index is 5.72. The van der Waals surface area contributed by atoms with Gasteiger partial charge in [0.05, 0.1) is 7.11 Å². The van der Waals surface area contributed by atoms with Gasteiger partial charge in [0.25, 0.3) is 0 Å². The molecule has 0 unspecified atom stereocenters. The number of methoxy groups -OCH3 is 1. The average Bonchev–Trinajstić information content (AvgIpc) is 2.87. The molecule has 0 saturated heterocycles. The van der Waals surface area contributed by atoms with Crippen molar-refractivity contribution in [3.05, 3.63) is 47.9 Å². The zero-order valence-electron chi connectivity index (χ0n) is 11.9. The number of rotatable bonds is 4. The fourth-order valence-electron chi connectivity index (χ4n) is 2.08. The second kappa shape index (κ2) is 5.36. The minimum absolute atomic E-state index is 0.230. The number of oxazole rings is 1. The van der Waals surface area contributed by atoms with Crippen molar-refractivity contribution in [1.82, 2.24) is 4.98 Å². The number of nitrogen functional groups attached to an aromatic ring is 1. The first-order valence-electron chi connectivity index (χ1n) is 6.58. The van der Waals surface area contributed by atoms with Gasteiger partial charge in [0, 0.05) is 11.8 Å². The first kappa shape index (κ1) is 13.3. The third-order valence-corrected chi connectivity index (χ3v) is 3.13. The lowest BCUT2D eigenvalue weighted by molar-refractivity contribution is 0.253. The fraction of sp³-hybridized carbons (Fsp3) is 0.188. The summed E-state index contributed by atoms with van der Waals surface area (Å²) in [5, 5.41) is 0. The van der Waals surface area contributed by atoms with Gasteiger partial charge < -0.3 is 19.6 Å². The van der Waals surface area contributed by atoms with Crippen LogP contribution in [-0.4, -0.2) is 12.1 Å². The third-order valence-electron chi connectivity index (χ3n) is 3.13. The van der Waals surface area contributed by atoms with Crippen molar-refractivity contribution in [2.45, 2.75) is 13.5 Å². The topological polar surface area (TPSA) is 70.5 Å².